The molecule has 0 aliphatic rings. The minimum Gasteiger partial charge on any atom is -0.350 e. The third-order valence-corrected chi connectivity index (χ3v) is 9.25. The molecular formula is C30H31Cl3F3N3O4S. The molecule has 14 heteroatoms. The first-order valence-electron chi connectivity index (χ1n) is 13.4. The van der Waals surface area contributed by atoms with Gasteiger partial charge in [0.25, 0.3) is 10.0 Å². The van der Waals surface area contributed by atoms with Crippen molar-refractivity contribution in [1.82, 2.24) is 10.2 Å². The third-order valence-electron chi connectivity index (χ3n) is 6.43. The van der Waals surface area contributed by atoms with Crippen molar-refractivity contribution >= 4 is 62.3 Å². The number of hydrogen-bond acceptors (Lipinski definition) is 4. The molecule has 3 aromatic rings. The van der Waals surface area contributed by atoms with E-state index in [9.17, 15) is 31.2 Å². The Morgan fingerprint density at radius 1 is 0.886 bits per heavy atom. The summed E-state index contributed by atoms with van der Waals surface area (Å²) in [6.45, 7) is 5.66. The van der Waals surface area contributed by atoms with Crippen molar-refractivity contribution in [3.05, 3.63) is 92.9 Å². The Kier molecular flexibility index (Phi) is 11.3. The maximum absolute atomic E-state index is 14.2. The van der Waals surface area contributed by atoms with Gasteiger partial charge in [-0.05, 0) is 69.7 Å². The minimum absolute atomic E-state index is 0.111. The average molecular weight is 693 g/mol. The van der Waals surface area contributed by atoms with E-state index in [1.54, 1.807) is 52.0 Å². The smallest absolute Gasteiger partial charge is 0.350 e. The molecule has 0 aliphatic heterocycles. The van der Waals surface area contributed by atoms with Crippen molar-refractivity contribution in [2.45, 2.75) is 63.3 Å². The van der Waals surface area contributed by atoms with E-state index in [2.05, 4.69) is 5.32 Å². The molecule has 3 rings (SSSR count). The summed E-state index contributed by atoms with van der Waals surface area (Å²) >= 11 is 18.6. The van der Waals surface area contributed by atoms with Gasteiger partial charge >= 0.3 is 6.18 Å². The largest absolute Gasteiger partial charge is 0.417 e. The van der Waals surface area contributed by atoms with Crippen molar-refractivity contribution in [3.8, 4) is 0 Å². The van der Waals surface area contributed by atoms with E-state index in [4.69, 9.17) is 34.8 Å². The Morgan fingerprint density at radius 3 is 2.00 bits per heavy atom. The fraction of sp³-hybridized carbons (Fsp3) is 0.333. The van der Waals surface area contributed by atoms with Crippen LogP contribution in [-0.2, 0) is 32.3 Å². The molecule has 238 valence electrons. The third kappa shape index (κ3) is 8.59. The van der Waals surface area contributed by atoms with Gasteiger partial charge in [0.15, 0.2) is 0 Å². The molecule has 3 aromatic carbocycles. The standard InChI is InChI=1S/C30H31Cl3F3N3O4S/c1-5-26(28(41)37-29(2,3)4)38(17-21-23(31)12-9-13-24(21)32)27(40)18-39(44(42,43)20-10-7-6-8-11-20)19-14-15-25(33)22(16-19)30(34,35)36/h6-16,26H,5,17-18H2,1-4H3,(H,37,41)/t26-/m1/s1. The van der Waals surface area contributed by atoms with Crippen LogP contribution in [0.4, 0.5) is 18.9 Å². The number of rotatable bonds is 10. The highest BCUT2D eigenvalue weighted by atomic mass is 35.5. The van der Waals surface area contributed by atoms with E-state index in [-0.39, 0.29) is 27.9 Å². The molecule has 44 heavy (non-hydrogen) atoms. The van der Waals surface area contributed by atoms with E-state index in [1.165, 1.54) is 24.3 Å². The Hall–Kier alpha value is -2.99. The molecule has 0 unspecified atom stereocenters. The number of hydrogen-bond donors (Lipinski definition) is 1. The van der Waals surface area contributed by atoms with E-state index in [1.807, 2.05) is 0 Å². The first-order chi connectivity index (χ1) is 20.4. The summed E-state index contributed by atoms with van der Waals surface area (Å²) < 4.78 is 69.7. The lowest BCUT2D eigenvalue weighted by atomic mass is 10.1. The molecule has 2 amide bonds. The van der Waals surface area contributed by atoms with Gasteiger partial charge in [0.1, 0.15) is 12.6 Å². The number of amides is 2. The molecule has 0 saturated heterocycles. The fourth-order valence-electron chi connectivity index (χ4n) is 4.36. The van der Waals surface area contributed by atoms with Crippen LogP contribution in [0.15, 0.2) is 71.6 Å². The van der Waals surface area contributed by atoms with E-state index in [0.717, 1.165) is 17.0 Å². The highest BCUT2D eigenvalue weighted by molar-refractivity contribution is 7.92. The summed E-state index contributed by atoms with van der Waals surface area (Å²) in [6, 6.07) is 13.0. The summed E-state index contributed by atoms with van der Waals surface area (Å²) in [4.78, 5) is 28.4. The predicted molar refractivity (Wildman–Crippen MR) is 166 cm³/mol. The van der Waals surface area contributed by atoms with Crippen molar-refractivity contribution < 1.29 is 31.2 Å². The summed E-state index contributed by atoms with van der Waals surface area (Å²) in [5, 5.41) is 2.57. The van der Waals surface area contributed by atoms with Gasteiger partial charge in [-0.2, -0.15) is 13.2 Å². The molecule has 0 saturated carbocycles. The number of alkyl halides is 3. The van der Waals surface area contributed by atoms with Crippen molar-refractivity contribution in [2.75, 3.05) is 10.8 Å². The summed E-state index contributed by atoms with van der Waals surface area (Å²) in [6.07, 6.45) is -4.80. The second-order valence-corrected chi connectivity index (χ2v) is 14.0. The van der Waals surface area contributed by atoms with Crippen LogP contribution in [-0.4, -0.2) is 43.3 Å². The van der Waals surface area contributed by atoms with Crippen LogP contribution in [0.3, 0.4) is 0 Å². The van der Waals surface area contributed by atoms with Gasteiger partial charge in [-0.15, -0.1) is 0 Å². The summed E-state index contributed by atoms with van der Waals surface area (Å²) in [5.74, 6) is -1.42. The van der Waals surface area contributed by atoms with Crippen LogP contribution in [0.1, 0.15) is 45.2 Å². The van der Waals surface area contributed by atoms with Gasteiger partial charge in [0, 0.05) is 27.7 Å². The second-order valence-electron chi connectivity index (χ2n) is 10.9. The highest BCUT2D eigenvalue weighted by Gasteiger charge is 2.38. The van der Waals surface area contributed by atoms with E-state index < -0.39 is 62.4 Å². The van der Waals surface area contributed by atoms with Gasteiger partial charge in [-0.25, -0.2) is 8.42 Å². The van der Waals surface area contributed by atoms with Crippen LogP contribution in [0.25, 0.3) is 0 Å². The number of carbonyl (C=O) groups excluding carboxylic acids is 2. The second kappa shape index (κ2) is 14.0. The number of benzene rings is 3. The van der Waals surface area contributed by atoms with Crippen molar-refractivity contribution in [1.29, 1.82) is 0 Å². The quantitative estimate of drug-likeness (QED) is 0.237. The SMILES string of the molecule is CC[C@H](C(=O)NC(C)(C)C)N(Cc1c(Cl)cccc1Cl)C(=O)CN(c1ccc(Cl)c(C(F)(F)F)c1)S(=O)(=O)c1ccccc1. The Bertz CT molecular complexity index is 1590. The van der Waals surface area contributed by atoms with Crippen LogP contribution in [0, 0.1) is 0 Å². The number of carbonyl (C=O) groups is 2. The number of sulfonamides is 1. The number of nitrogens with zero attached hydrogens (tertiary/aromatic N) is 2. The maximum Gasteiger partial charge on any atom is 0.417 e. The lowest BCUT2D eigenvalue weighted by molar-refractivity contribution is -0.141. The van der Waals surface area contributed by atoms with Crippen molar-refractivity contribution in [2.24, 2.45) is 0 Å². The number of anilines is 1. The van der Waals surface area contributed by atoms with Gasteiger partial charge < -0.3 is 10.2 Å². The molecule has 1 atom stereocenters. The van der Waals surface area contributed by atoms with Crippen LogP contribution in [0.5, 0.6) is 0 Å². The zero-order chi connectivity index (χ0) is 33.0. The first-order valence-corrected chi connectivity index (χ1v) is 15.9. The molecule has 0 bridgehead atoms. The molecule has 0 heterocycles. The van der Waals surface area contributed by atoms with Gasteiger partial charge in [-0.3, -0.25) is 13.9 Å². The molecule has 1 N–H and O–H groups in total. The zero-order valence-electron chi connectivity index (χ0n) is 24.3. The molecule has 0 spiro atoms. The monoisotopic (exact) mass is 691 g/mol. The van der Waals surface area contributed by atoms with Gasteiger partial charge in [-0.1, -0.05) is 66.0 Å². The minimum atomic E-state index is -4.91. The van der Waals surface area contributed by atoms with Crippen LogP contribution in [0.2, 0.25) is 15.1 Å². The van der Waals surface area contributed by atoms with Gasteiger partial charge in [0.05, 0.1) is 21.2 Å². The molecule has 0 fully saturated rings. The Balaban J connectivity index is 2.19. The normalized spacial score (nSPS) is 12.9. The van der Waals surface area contributed by atoms with Crippen LogP contribution >= 0.6 is 34.8 Å². The summed E-state index contributed by atoms with van der Waals surface area (Å²) in [5.41, 5.74) is -2.12. The molecule has 0 aromatic heterocycles. The number of nitrogens with one attached hydrogen (secondary N) is 1. The predicted octanol–water partition coefficient (Wildman–Crippen LogP) is 7.58. The first kappa shape index (κ1) is 35.5. The lowest BCUT2D eigenvalue weighted by Gasteiger charge is -2.35. The van der Waals surface area contributed by atoms with Crippen molar-refractivity contribution in [3.63, 3.8) is 0 Å². The Labute approximate surface area is 269 Å². The number of halogens is 6. The fourth-order valence-corrected chi connectivity index (χ4v) is 6.53. The average Bonchev–Trinajstić information content (AvgIpc) is 2.92. The molecular weight excluding hydrogens is 662 g/mol. The highest BCUT2D eigenvalue weighted by Crippen LogP contribution is 2.38. The van der Waals surface area contributed by atoms with Crippen LogP contribution < -0.4 is 9.62 Å². The summed E-state index contributed by atoms with van der Waals surface area (Å²) in [7, 11) is -4.61. The molecule has 0 aliphatic carbocycles. The topological polar surface area (TPSA) is 86.8 Å². The Morgan fingerprint density at radius 2 is 1.48 bits per heavy atom. The van der Waals surface area contributed by atoms with Gasteiger partial charge in [0.2, 0.25) is 11.8 Å². The maximum atomic E-state index is 14.2. The lowest BCUT2D eigenvalue weighted by Crippen LogP contribution is -2.55. The molecule has 7 nitrogen and oxygen atoms in total. The zero-order valence-corrected chi connectivity index (χ0v) is 27.3. The molecule has 0 radical (unpaired) electrons. The van der Waals surface area contributed by atoms with E-state index in [0.29, 0.717) is 15.9 Å². The van der Waals surface area contributed by atoms with E-state index >= 15 is 0 Å².